The van der Waals surface area contributed by atoms with E-state index in [2.05, 4.69) is 11.3 Å². The van der Waals surface area contributed by atoms with Gasteiger partial charge < -0.3 is 4.74 Å². The van der Waals surface area contributed by atoms with Crippen molar-refractivity contribution in [3.63, 3.8) is 0 Å². The van der Waals surface area contributed by atoms with E-state index in [1.807, 2.05) is 0 Å². The van der Waals surface area contributed by atoms with Crippen LogP contribution in [0.15, 0.2) is 30.8 Å². The summed E-state index contributed by atoms with van der Waals surface area (Å²) in [6, 6.07) is 5.06. The highest BCUT2D eigenvalue weighted by Gasteiger charge is 2.33. The summed E-state index contributed by atoms with van der Waals surface area (Å²) in [6.07, 6.45) is -4.51. The lowest BCUT2D eigenvalue weighted by atomic mass is 10.0. The van der Waals surface area contributed by atoms with Crippen molar-refractivity contribution in [2.45, 2.75) is 6.18 Å². The van der Waals surface area contributed by atoms with Gasteiger partial charge in [-0.2, -0.15) is 13.2 Å². The maximum absolute atomic E-state index is 12.3. The van der Waals surface area contributed by atoms with Crippen LogP contribution in [0.2, 0.25) is 0 Å². The summed E-state index contributed by atoms with van der Waals surface area (Å²) in [5.41, 5.74) is -1.07. The predicted octanol–water partition coefficient (Wildman–Crippen LogP) is 3.05. The van der Waals surface area contributed by atoms with Gasteiger partial charge in [-0.3, -0.25) is 0 Å². The summed E-state index contributed by atoms with van der Waals surface area (Å²) in [5, 5.41) is 0. The lowest BCUT2D eigenvalue weighted by Gasteiger charge is -2.10. The van der Waals surface area contributed by atoms with Crippen LogP contribution in [0.4, 0.5) is 13.2 Å². The average Bonchev–Trinajstić information content (AvgIpc) is 2.26. The van der Waals surface area contributed by atoms with Crippen LogP contribution in [-0.2, 0) is 4.74 Å². The highest BCUT2D eigenvalue weighted by Crippen LogP contribution is 2.32. The third-order valence-corrected chi connectivity index (χ3v) is 1.97. The first-order valence-electron chi connectivity index (χ1n) is 4.31. The first-order chi connectivity index (χ1) is 7.36. The van der Waals surface area contributed by atoms with Crippen LogP contribution in [0, 0.1) is 0 Å². The van der Waals surface area contributed by atoms with Crippen molar-refractivity contribution in [3.8, 4) is 0 Å². The van der Waals surface area contributed by atoms with Crippen LogP contribution < -0.4 is 0 Å². The molecule has 0 spiro atoms. The van der Waals surface area contributed by atoms with Crippen molar-refractivity contribution in [1.82, 2.24) is 0 Å². The minimum absolute atomic E-state index is 0.0606. The van der Waals surface area contributed by atoms with Crippen LogP contribution in [0.3, 0.4) is 0 Å². The number of halogens is 3. The standard InChI is InChI=1S/C11H9F3O2/c1-7(11(12,13)14)8-4-3-5-9(6-8)10(15)16-2/h3-6H,1H2,2H3. The molecular weight excluding hydrogens is 221 g/mol. The van der Waals surface area contributed by atoms with Gasteiger partial charge in [0.05, 0.1) is 18.2 Å². The van der Waals surface area contributed by atoms with Crippen LogP contribution in [0.25, 0.3) is 5.57 Å². The van der Waals surface area contributed by atoms with Crippen LogP contribution >= 0.6 is 0 Å². The number of hydrogen-bond acceptors (Lipinski definition) is 2. The number of carbonyl (C=O) groups excluding carboxylic acids is 1. The van der Waals surface area contributed by atoms with Crippen molar-refractivity contribution in [3.05, 3.63) is 42.0 Å². The molecule has 1 aromatic rings. The second-order valence-electron chi connectivity index (χ2n) is 3.05. The van der Waals surface area contributed by atoms with Crippen LogP contribution in [0.5, 0.6) is 0 Å². The van der Waals surface area contributed by atoms with Crippen molar-refractivity contribution in [2.75, 3.05) is 7.11 Å². The zero-order valence-electron chi connectivity index (χ0n) is 8.47. The number of ether oxygens (including phenoxy) is 1. The number of rotatable bonds is 2. The van der Waals surface area contributed by atoms with Gasteiger partial charge in [0.2, 0.25) is 0 Å². The Morgan fingerprint density at radius 3 is 2.38 bits per heavy atom. The molecule has 0 aliphatic carbocycles. The lowest BCUT2D eigenvalue weighted by molar-refractivity contribution is -0.0686. The highest BCUT2D eigenvalue weighted by atomic mass is 19.4. The molecule has 0 N–H and O–H groups in total. The average molecular weight is 230 g/mol. The molecule has 0 atom stereocenters. The molecule has 0 saturated heterocycles. The maximum atomic E-state index is 12.3. The number of methoxy groups -OCH3 is 1. The Hall–Kier alpha value is -1.78. The summed E-state index contributed by atoms with van der Waals surface area (Å²) >= 11 is 0. The number of esters is 1. The molecule has 0 heterocycles. The monoisotopic (exact) mass is 230 g/mol. The normalized spacial score (nSPS) is 11.0. The first kappa shape index (κ1) is 12.3. The van der Waals surface area contributed by atoms with Gasteiger partial charge in [0.15, 0.2) is 0 Å². The molecule has 0 aromatic heterocycles. The van der Waals surface area contributed by atoms with Gasteiger partial charge in [-0.25, -0.2) is 4.79 Å². The fourth-order valence-electron chi connectivity index (χ4n) is 1.12. The predicted molar refractivity (Wildman–Crippen MR) is 52.9 cm³/mol. The van der Waals surface area contributed by atoms with Crippen molar-refractivity contribution >= 4 is 11.5 Å². The van der Waals surface area contributed by atoms with Gasteiger partial charge in [0, 0.05) is 0 Å². The SMILES string of the molecule is C=C(c1cccc(C(=O)OC)c1)C(F)(F)F. The Morgan fingerprint density at radius 2 is 1.88 bits per heavy atom. The molecule has 0 saturated carbocycles. The summed E-state index contributed by atoms with van der Waals surface area (Å²) in [5.74, 6) is -0.683. The van der Waals surface area contributed by atoms with E-state index in [1.165, 1.54) is 18.2 Å². The van der Waals surface area contributed by atoms with Gasteiger partial charge in [0.25, 0.3) is 0 Å². The number of benzene rings is 1. The van der Waals surface area contributed by atoms with Crippen molar-refractivity contribution in [1.29, 1.82) is 0 Å². The number of allylic oxidation sites excluding steroid dienone is 1. The first-order valence-corrected chi connectivity index (χ1v) is 4.31. The largest absolute Gasteiger partial charge is 0.465 e. The summed E-state index contributed by atoms with van der Waals surface area (Å²) < 4.78 is 41.4. The molecule has 1 aromatic carbocycles. The molecule has 5 heteroatoms. The number of alkyl halides is 3. The van der Waals surface area contributed by atoms with Gasteiger partial charge in [-0.05, 0) is 17.7 Å². The molecule has 1 rings (SSSR count). The van der Waals surface area contributed by atoms with Crippen molar-refractivity contribution < 1.29 is 22.7 Å². The molecule has 86 valence electrons. The molecule has 2 nitrogen and oxygen atoms in total. The summed E-state index contributed by atoms with van der Waals surface area (Å²) in [4.78, 5) is 11.1. The summed E-state index contributed by atoms with van der Waals surface area (Å²) in [7, 11) is 1.16. The van der Waals surface area contributed by atoms with Gasteiger partial charge >= 0.3 is 12.1 Å². The number of hydrogen-bond donors (Lipinski definition) is 0. The van der Waals surface area contributed by atoms with E-state index in [0.29, 0.717) is 0 Å². The van der Waals surface area contributed by atoms with Crippen LogP contribution in [0.1, 0.15) is 15.9 Å². The minimum Gasteiger partial charge on any atom is -0.465 e. The van der Waals surface area contributed by atoms with Gasteiger partial charge in [-0.15, -0.1) is 0 Å². The molecule has 0 fully saturated rings. The highest BCUT2D eigenvalue weighted by molar-refractivity contribution is 5.90. The Labute approximate surface area is 90.3 Å². The molecule has 0 amide bonds. The fourth-order valence-corrected chi connectivity index (χ4v) is 1.12. The molecule has 0 aliphatic rings. The third kappa shape index (κ3) is 2.62. The van der Waals surface area contributed by atoms with E-state index < -0.39 is 17.7 Å². The molecule has 0 unspecified atom stereocenters. The minimum atomic E-state index is -4.51. The van der Waals surface area contributed by atoms with E-state index in [1.54, 1.807) is 0 Å². The third-order valence-electron chi connectivity index (χ3n) is 1.97. The molecular formula is C11H9F3O2. The zero-order valence-corrected chi connectivity index (χ0v) is 8.47. The quantitative estimate of drug-likeness (QED) is 0.730. The fraction of sp³-hybridized carbons (Fsp3) is 0.182. The van der Waals surface area contributed by atoms with E-state index in [4.69, 9.17) is 0 Å². The van der Waals surface area contributed by atoms with Crippen LogP contribution in [-0.4, -0.2) is 19.3 Å². The molecule has 16 heavy (non-hydrogen) atoms. The maximum Gasteiger partial charge on any atom is 0.416 e. The Morgan fingerprint density at radius 1 is 1.31 bits per heavy atom. The van der Waals surface area contributed by atoms with E-state index in [-0.39, 0.29) is 11.1 Å². The second-order valence-corrected chi connectivity index (χ2v) is 3.05. The summed E-state index contributed by atoms with van der Waals surface area (Å²) in [6.45, 7) is 2.95. The Kier molecular flexibility index (Phi) is 3.37. The van der Waals surface area contributed by atoms with E-state index in [9.17, 15) is 18.0 Å². The number of carbonyl (C=O) groups is 1. The van der Waals surface area contributed by atoms with Gasteiger partial charge in [-0.1, -0.05) is 18.7 Å². The molecule has 0 aliphatic heterocycles. The van der Waals surface area contributed by atoms with Gasteiger partial charge in [0.1, 0.15) is 0 Å². The smallest absolute Gasteiger partial charge is 0.416 e. The van der Waals surface area contributed by atoms with E-state index >= 15 is 0 Å². The topological polar surface area (TPSA) is 26.3 Å². The molecule has 0 radical (unpaired) electrons. The van der Waals surface area contributed by atoms with Crippen molar-refractivity contribution in [2.24, 2.45) is 0 Å². The molecule has 0 bridgehead atoms. The Balaban J connectivity index is 3.09. The van der Waals surface area contributed by atoms with E-state index in [0.717, 1.165) is 13.2 Å². The zero-order chi connectivity index (χ0) is 12.3. The Bertz CT molecular complexity index is 421. The lowest BCUT2D eigenvalue weighted by Crippen LogP contribution is -2.10. The second kappa shape index (κ2) is 4.38.